The molecule has 1 aliphatic carbocycles. The molecule has 1 saturated carbocycles. The molecular formula is C15H17N3O5. The summed E-state index contributed by atoms with van der Waals surface area (Å²) in [6.45, 7) is 0.165. The summed E-state index contributed by atoms with van der Waals surface area (Å²) < 4.78 is 10.2. The Hall–Kier alpha value is -2.64. The van der Waals surface area contributed by atoms with Crippen molar-refractivity contribution in [3.05, 3.63) is 35.4 Å². The molecule has 0 radical (unpaired) electrons. The predicted molar refractivity (Wildman–Crippen MR) is 76.7 cm³/mol. The third-order valence-corrected chi connectivity index (χ3v) is 3.55. The second kappa shape index (κ2) is 6.64. The van der Waals surface area contributed by atoms with Crippen LogP contribution in [0.1, 0.15) is 59.6 Å². The van der Waals surface area contributed by atoms with Crippen LogP contribution in [0, 0.1) is 0 Å². The highest BCUT2D eigenvalue weighted by atomic mass is 16.5. The molecule has 0 unspecified atom stereocenters. The van der Waals surface area contributed by atoms with Crippen LogP contribution in [0.5, 0.6) is 0 Å². The Bertz CT molecular complexity index is 702. The maximum Gasteiger partial charge on any atom is 0.371 e. The fourth-order valence-electron chi connectivity index (χ4n) is 2.14. The van der Waals surface area contributed by atoms with Crippen LogP contribution >= 0.6 is 0 Å². The number of carboxylic acids is 1. The molecule has 8 nitrogen and oxygen atoms in total. The molecule has 122 valence electrons. The summed E-state index contributed by atoms with van der Waals surface area (Å²) in [4.78, 5) is 26.7. The molecule has 1 amide bonds. The molecular weight excluding hydrogens is 302 g/mol. The molecule has 0 saturated heterocycles. The molecule has 2 aromatic rings. The lowest BCUT2D eigenvalue weighted by Crippen LogP contribution is -2.22. The minimum Gasteiger partial charge on any atom is -0.475 e. The zero-order valence-corrected chi connectivity index (χ0v) is 12.4. The van der Waals surface area contributed by atoms with Crippen LogP contribution in [-0.4, -0.2) is 27.1 Å². The van der Waals surface area contributed by atoms with E-state index in [-0.39, 0.29) is 18.2 Å². The van der Waals surface area contributed by atoms with Crippen molar-refractivity contribution >= 4 is 11.9 Å². The van der Waals surface area contributed by atoms with Gasteiger partial charge >= 0.3 is 5.97 Å². The molecule has 1 fully saturated rings. The van der Waals surface area contributed by atoms with Gasteiger partial charge in [0.1, 0.15) is 5.76 Å². The summed E-state index contributed by atoms with van der Waals surface area (Å²) in [7, 11) is 0. The fourth-order valence-corrected chi connectivity index (χ4v) is 2.14. The van der Waals surface area contributed by atoms with Gasteiger partial charge in [0.2, 0.25) is 17.6 Å². The maximum absolute atomic E-state index is 11.7. The first-order valence-corrected chi connectivity index (χ1v) is 7.53. The average Bonchev–Trinajstić information content (AvgIpc) is 3.08. The van der Waals surface area contributed by atoms with E-state index in [0.717, 1.165) is 18.7 Å². The molecule has 3 rings (SSSR count). The van der Waals surface area contributed by atoms with E-state index in [4.69, 9.17) is 14.0 Å². The Morgan fingerprint density at radius 1 is 1.35 bits per heavy atom. The normalized spacial score (nSPS) is 13.9. The van der Waals surface area contributed by atoms with Gasteiger partial charge in [-0.3, -0.25) is 4.79 Å². The molecule has 0 bridgehead atoms. The quantitative estimate of drug-likeness (QED) is 0.762. The van der Waals surface area contributed by atoms with Crippen molar-refractivity contribution in [2.45, 2.75) is 44.6 Å². The lowest BCUT2D eigenvalue weighted by Gasteiger charge is -2.02. The SMILES string of the molecule is O=C(CCCc1nc(C2CC2)no1)NCc1ccc(C(=O)O)o1. The van der Waals surface area contributed by atoms with Gasteiger partial charge in [-0.15, -0.1) is 0 Å². The molecule has 2 heterocycles. The van der Waals surface area contributed by atoms with E-state index < -0.39 is 5.97 Å². The number of aromatic nitrogens is 2. The number of nitrogens with zero attached hydrogens (tertiary/aromatic N) is 2. The molecule has 2 aromatic heterocycles. The van der Waals surface area contributed by atoms with E-state index in [0.29, 0.717) is 36.8 Å². The van der Waals surface area contributed by atoms with Crippen molar-refractivity contribution in [2.75, 3.05) is 0 Å². The van der Waals surface area contributed by atoms with Gasteiger partial charge in [-0.2, -0.15) is 4.98 Å². The predicted octanol–water partition coefficient (Wildman–Crippen LogP) is 1.88. The van der Waals surface area contributed by atoms with E-state index in [9.17, 15) is 9.59 Å². The van der Waals surface area contributed by atoms with Crippen molar-refractivity contribution in [1.82, 2.24) is 15.5 Å². The molecule has 0 aliphatic heterocycles. The fraction of sp³-hybridized carbons (Fsp3) is 0.467. The lowest BCUT2D eigenvalue weighted by atomic mass is 10.2. The zero-order valence-electron chi connectivity index (χ0n) is 12.4. The highest BCUT2D eigenvalue weighted by molar-refractivity contribution is 5.84. The second-order valence-corrected chi connectivity index (χ2v) is 5.52. The molecule has 2 N–H and O–H groups in total. The zero-order chi connectivity index (χ0) is 16.2. The third-order valence-electron chi connectivity index (χ3n) is 3.55. The summed E-state index contributed by atoms with van der Waals surface area (Å²) in [6.07, 6.45) is 3.75. The molecule has 0 spiro atoms. The Balaban J connectivity index is 1.36. The number of furan rings is 1. The minimum atomic E-state index is -1.13. The standard InChI is InChI=1S/C15H17N3O5/c19-12(16-8-10-6-7-11(22-10)15(20)21)2-1-3-13-17-14(18-23-13)9-4-5-9/h6-7,9H,1-5,8H2,(H,16,19)(H,20,21). The van der Waals surface area contributed by atoms with Gasteiger partial charge in [0, 0.05) is 18.8 Å². The van der Waals surface area contributed by atoms with Crippen LogP contribution < -0.4 is 5.32 Å². The number of amides is 1. The van der Waals surface area contributed by atoms with E-state index in [1.807, 2.05) is 0 Å². The van der Waals surface area contributed by atoms with Crippen LogP contribution in [0.2, 0.25) is 0 Å². The van der Waals surface area contributed by atoms with Gasteiger partial charge in [0.15, 0.2) is 5.82 Å². The van der Waals surface area contributed by atoms with Crippen LogP contribution in [0.15, 0.2) is 21.1 Å². The molecule has 8 heteroatoms. The van der Waals surface area contributed by atoms with E-state index in [2.05, 4.69) is 15.5 Å². The largest absolute Gasteiger partial charge is 0.475 e. The lowest BCUT2D eigenvalue weighted by molar-refractivity contribution is -0.121. The smallest absolute Gasteiger partial charge is 0.371 e. The summed E-state index contributed by atoms with van der Waals surface area (Å²) in [5, 5.41) is 15.3. The number of carbonyl (C=O) groups is 2. The molecule has 23 heavy (non-hydrogen) atoms. The van der Waals surface area contributed by atoms with Crippen molar-refractivity contribution in [3.63, 3.8) is 0 Å². The Kier molecular flexibility index (Phi) is 4.40. The van der Waals surface area contributed by atoms with Crippen molar-refractivity contribution in [3.8, 4) is 0 Å². The Morgan fingerprint density at radius 2 is 2.17 bits per heavy atom. The monoisotopic (exact) mass is 319 g/mol. The van der Waals surface area contributed by atoms with Gasteiger partial charge in [-0.05, 0) is 31.4 Å². The van der Waals surface area contributed by atoms with Crippen LogP contribution in [0.25, 0.3) is 0 Å². The number of aromatic carboxylic acids is 1. The molecule has 0 aromatic carbocycles. The van der Waals surface area contributed by atoms with Crippen LogP contribution in [0.4, 0.5) is 0 Å². The highest BCUT2D eigenvalue weighted by Gasteiger charge is 2.28. The maximum atomic E-state index is 11.7. The minimum absolute atomic E-state index is 0.139. The van der Waals surface area contributed by atoms with Gasteiger partial charge in [-0.25, -0.2) is 4.79 Å². The van der Waals surface area contributed by atoms with E-state index in [1.54, 1.807) is 0 Å². The van der Waals surface area contributed by atoms with Crippen LogP contribution in [-0.2, 0) is 17.8 Å². The van der Waals surface area contributed by atoms with Crippen molar-refractivity contribution in [2.24, 2.45) is 0 Å². The number of rotatable bonds is 8. The first-order valence-electron chi connectivity index (χ1n) is 7.53. The van der Waals surface area contributed by atoms with E-state index in [1.165, 1.54) is 12.1 Å². The van der Waals surface area contributed by atoms with Gasteiger partial charge in [0.05, 0.1) is 6.54 Å². The third kappa shape index (κ3) is 4.18. The summed E-state index contributed by atoms with van der Waals surface area (Å²) in [5.74, 6) is 0.792. The number of hydrogen-bond donors (Lipinski definition) is 2. The Labute approximate surface area is 131 Å². The van der Waals surface area contributed by atoms with Crippen molar-refractivity contribution < 1.29 is 23.6 Å². The van der Waals surface area contributed by atoms with Gasteiger partial charge < -0.3 is 19.4 Å². The summed E-state index contributed by atoms with van der Waals surface area (Å²) in [6, 6.07) is 2.89. The highest BCUT2D eigenvalue weighted by Crippen LogP contribution is 2.38. The topological polar surface area (TPSA) is 118 Å². The number of nitrogens with one attached hydrogen (secondary N) is 1. The number of carboxylic acid groups (broad SMARTS) is 1. The molecule has 1 aliphatic rings. The summed E-state index contributed by atoms with van der Waals surface area (Å²) in [5.41, 5.74) is 0. The molecule has 0 atom stereocenters. The Morgan fingerprint density at radius 3 is 2.87 bits per heavy atom. The summed E-state index contributed by atoms with van der Waals surface area (Å²) >= 11 is 0. The number of carbonyl (C=O) groups excluding carboxylic acids is 1. The van der Waals surface area contributed by atoms with Crippen molar-refractivity contribution in [1.29, 1.82) is 0 Å². The van der Waals surface area contributed by atoms with Crippen LogP contribution in [0.3, 0.4) is 0 Å². The van der Waals surface area contributed by atoms with E-state index >= 15 is 0 Å². The van der Waals surface area contributed by atoms with Gasteiger partial charge in [-0.1, -0.05) is 5.16 Å². The second-order valence-electron chi connectivity index (χ2n) is 5.52. The number of aryl methyl sites for hydroxylation is 1. The first-order chi connectivity index (χ1) is 11.1. The first kappa shape index (κ1) is 15.3. The number of hydrogen-bond acceptors (Lipinski definition) is 6. The average molecular weight is 319 g/mol. The van der Waals surface area contributed by atoms with Gasteiger partial charge in [0.25, 0.3) is 0 Å².